The molecule has 11 nitrogen and oxygen atoms in total. The summed E-state index contributed by atoms with van der Waals surface area (Å²) in [5.74, 6) is -2.52. The van der Waals surface area contributed by atoms with Crippen LogP contribution < -0.4 is 4.74 Å². The van der Waals surface area contributed by atoms with Gasteiger partial charge in [-0.05, 0) is 29.3 Å². The highest BCUT2D eigenvalue weighted by Crippen LogP contribution is 2.26. The second-order valence-corrected chi connectivity index (χ2v) is 7.45. The van der Waals surface area contributed by atoms with Crippen molar-refractivity contribution in [2.75, 3.05) is 34.0 Å². The van der Waals surface area contributed by atoms with Crippen LogP contribution in [0.15, 0.2) is 60.3 Å². The Morgan fingerprint density at radius 3 is 2.08 bits per heavy atom. The minimum Gasteiger partial charge on any atom is -0.482 e. The van der Waals surface area contributed by atoms with Crippen LogP contribution in [0.1, 0.15) is 11.1 Å². The number of hydrogen-bond donors (Lipinski definition) is 0. The van der Waals surface area contributed by atoms with E-state index in [0.717, 1.165) is 17.6 Å². The number of urea groups is 1. The molecule has 0 radical (unpaired) electrons. The Labute approximate surface area is 206 Å². The van der Waals surface area contributed by atoms with Gasteiger partial charge >= 0.3 is 23.9 Å². The SMILES string of the molecule is COC(=O)COC(=O)CN1C(=O)/C(=C\c2ccc(OCC(=O)OC)cc2)N(Cc2ccccc2)C1=O. The van der Waals surface area contributed by atoms with Crippen LogP contribution in [0.3, 0.4) is 0 Å². The standard InChI is InChI=1S/C25H24N2O9/c1-33-22(29)15-35-19-10-8-17(9-11-19)12-20-24(31)27(14-21(28)36-16-23(30)34-2)25(32)26(20)13-18-6-4-3-5-7-18/h3-12H,13-16H2,1-2H3/b20-12+. The predicted molar refractivity (Wildman–Crippen MR) is 124 cm³/mol. The monoisotopic (exact) mass is 496 g/mol. The molecule has 0 aromatic heterocycles. The molecule has 3 amide bonds. The third kappa shape index (κ3) is 6.69. The summed E-state index contributed by atoms with van der Waals surface area (Å²) >= 11 is 0. The van der Waals surface area contributed by atoms with Crippen molar-refractivity contribution < 1.29 is 42.9 Å². The van der Waals surface area contributed by atoms with Gasteiger partial charge in [-0.3, -0.25) is 14.5 Å². The zero-order valence-electron chi connectivity index (χ0n) is 19.7. The number of carbonyl (C=O) groups is 5. The molecular weight excluding hydrogens is 472 g/mol. The lowest BCUT2D eigenvalue weighted by Crippen LogP contribution is -2.38. The van der Waals surface area contributed by atoms with Crippen molar-refractivity contribution in [1.82, 2.24) is 9.80 Å². The van der Waals surface area contributed by atoms with E-state index in [2.05, 4.69) is 9.47 Å². The number of ether oxygens (including phenoxy) is 4. The third-order valence-electron chi connectivity index (χ3n) is 5.03. The molecule has 3 rings (SSSR count). The quantitative estimate of drug-likeness (QED) is 0.209. The van der Waals surface area contributed by atoms with Crippen molar-refractivity contribution in [1.29, 1.82) is 0 Å². The molecule has 2 aromatic carbocycles. The van der Waals surface area contributed by atoms with Crippen LogP contribution in [-0.2, 0) is 39.9 Å². The number of esters is 3. The molecule has 1 saturated heterocycles. The van der Waals surface area contributed by atoms with Gasteiger partial charge < -0.3 is 18.9 Å². The Morgan fingerprint density at radius 2 is 1.44 bits per heavy atom. The van der Waals surface area contributed by atoms with Gasteiger partial charge in [-0.15, -0.1) is 0 Å². The summed E-state index contributed by atoms with van der Waals surface area (Å²) in [5, 5.41) is 0. The molecule has 11 heteroatoms. The van der Waals surface area contributed by atoms with Crippen molar-refractivity contribution in [2.45, 2.75) is 6.54 Å². The average molecular weight is 496 g/mol. The van der Waals surface area contributed by atoms with Gasteiger partial charge in [-0.25, -0.2) is 19.3 Å². The average Bonchev–Trinajstić information content (AvgIpc) is 3.10. The lowest BCUT2D eigenvalue weighted by Gasteiger charge is -2.17. The number of methoxy groups -OCH3 is 2. The van der Waals surface area contributed by atoms with E-state index in [0.29, 0.717) is 11.3 Å². The van der Waals surface area contributed by atoms with Crippen molar-refractivity contribution in [2.24, 2.45) is 0 Å². The maximum Gasteiger partial charge on any atom is 0.344 e. The van der Waals surface area contributed by atoms with Gasteiger partial charge in [0.2, 0.25) is 0 Å². The van der Waals surface area contributed by atoms with E-state index >= 15 is 0 Å². The maximum atomic E-state index is 13.1. The second-order valence-electron chi connectivity index (χ2n) is 7.45. The molecule has 0 aliphatic carbocycles. The highest BCUT2D eigenvalue weighted by Gasteiger charge is 2.42. The lowest BCUT2D eigenvalue weighted by atomic mass is 10.1. The van der Waals surface area contributed by atoms with Crippen LogP contribution in [-0.4, -0.2) is 73.6 Å². The largest absolute Gasteiger partial charge is 0.482 e. The van der Waals surface area contributed by atoms with E-state index in [1.54, 1.807) is 48.5 Å². The van der Waals surface area contributed by atoms with Crippen LogP contribution >= 0.6 is 0 Å². The molecule has 1 fully saturated rings. The zero-order chi connectivity index (χ0) is 26.1. The molecule has 36 heavy (non-hydrogen) atoms. The number of nitrogens with zero attached hydrogens (tertiary/aromatic N) is 2. The molecule has 0 saturated carbocycles. The van der Waals surface area contributed by atoms with Crippen molar-refractivity contribution in [3.63, 3.8) is 0 Å². The van der Waals surface area contributed by atoms with E-state index < -0.39 is 43.0 Å². The summed E-state index contributed by atoms with van der Waals surface area (Å²) < 4.78 is 19.0. The first-order valence-corrected chi connectivity index (χ1v) is 10.7. The molecular formula is C25H24N2O9. The molecule has 0 N–H and O–H groups in total. The van der Waals surface area contributed by atoms with E-state index in [4.69, 9.17) is 9.47 Å². The number of carbonyl (C=O) groups excluding carboxylic acids is 5. The van der Waals surface area contributed by atoms with Crippen molar-refractivity contribution >= 4 is 35.9 Å². The van der Waals surface area contributed by atoms with Crippen LogP contribution in [0.4, 0.5) is 4.79 Å². The van der Waals surface area contributed by atoms with E-state index in [9.17, 15) is 24.0 Å². The molecule has 0 spiro atoms. The number of rotatable bonds is 10. The van der Waals surface area contributed by atoms with Crippen molar-refractivity contribution in [3.05, 3.63) is 71.4 Å². The summed E-state index contributed by atoms with van der Waals surface area (Å²) in [6.45, 7) is -1.47. The molecule has 1 aliphatic rings. The molecule has 0 bridgehead atoms. The minimum absolute atomic E-state index is 0.0489. The molecule has 0 atom stereocenters. The summed E-state index contributed by atoms with van der Waals surface area (Å²) in [6.07, 6.45) is 1.51. The van der Waals surface area contributed by atoms with Gasteiger partial charge in [0.15, 0.2) is 13.2 Å². The van der Waals surface area contributed by atoms with E-state index in [1.807, 2.05) is 6.07 Å². The predicted octanol–water partition coefficient (Wildman–Crippen LogP) is 1.76. The van der Waals surface area contributed by atoms with Gasteiger partial charge in [0.05, 0.1) is 20.8 Å². The Balaban J connectivity index is 1.82. The second kappa shape index (κ2) is 12.2. The first kappa shape index (κ1) is 25.9. The first-order chi connectivity index (χ1) is 17.3. The molecule has 1 heterocycles. The summed E-state index contributed by atoms with van der Waals surface area (Å²) in [6, 6.07) is 14.8. The number of hydrogen-bond acceptors (Lipinski definition) is 9. The summed E-state index contributed by atoms with van der Waals surface area (Å²) in [7, 11) is 2.39. The van der Waals surface area contributed by atoms with E-state index in [-0.39, 0.29) is 18.8 Å². The topological polar surface area (TPSA) is 129 Å². The highest BCUT2D eigenvalue weighted by molar-refractivity contribution is 6.15. The number of imide groups is 1. The normalized spacial score (nSPS) is 14.1. The summed E-state index contributed by atoms with van der Waals surface area (Å²) in [5.41, 5.74) is 1.39. The number of benzene rings is 2. The minimum atomic E-state index is -0.935. The van der Waals surface area contributed by atoms with Crippen LogP contribution in [0, 0.1) is 0 Å². The highest BCUT2D eigenvalue weighted by atomic mass is 16.6. The molecule has 0 unspecified atom stereocenters. The van der Waals surface area contributed by atoms with Gasteiger partial charge in [0.25, 0.3) is 5.91 Å². The first-order valence-electron chi connectivity index (χ1n) is 10.7. The lowest BCUT2D eigenvalue weighted by molar-refractivity contribution is -0.157. The van der Waals surface area contributed by atoms with Gasteiger partial charge in [-0.1, -0.05) is 42.5 Å². The smallest absolute Gasteiger partial charge is 0.344 e. The summed E-state index contributed by atoms with van der Waals surface area (Å²) in [4.78, 5) is 62.9. The fourth-order valence-corrected chi connectivity index (χ4v) is 3.18. The number of amides is 3. The maximum absolute atomic E-state index is 13.1. The van der Waals surface area contributed by atoms with Crippen LogP contribution in [0.25, 0.3) is 6.08 Å². The van der Waals surface area contributed by atoms with Crippen molar-refractivity contribution in [3.8, 4) is 5.75 Å². The Bertz CT molecular complexity index is 1160. The Hall–Kier alpha value is -4.67. The van der Waals surface area contributed by atoms with Gasteiger partial charge in [0, 0.05) is 0 Å². The van der Waals surface area contributed by atoms with Crippen LogP contribution in [0.2, 0.25) is 0 Å². The van der Waals surface area contributed by atoms with Gasteiger partial charge in [-0.2, -0.15) is 0 Å². The van der Waals surface area contributed by atoms with E-state index in [1.165, 1.54) is 18.1 Å². The van der Waals surface area contributed by atoms with Crippen LogP contribution in [0.5, 0.6) is 5.75 Å². The Morgan fingerprint density at radius 1 is 0.806 bits per heavy atom. The molecule has 1 aliphatic heterocycles. The molecule has 188 valence electrons. The Kier molecular flexibility index (Phi) is 8.76. The van der Waals surface area contributed by atoms with Gasteiger partial charge in [0.1, 0.15) is 18.0 Å². The third-order valence-corrected chi connectivity index (χ3v) is 5.03. The molecule has 2 aromatic rings. The fraction of sp³-hybridized carbons (Fsp3) is 0.240. The fourth-order valence-electron chi connectivity index (χ4n) is 3.18. The zero-order valence-corrected chi connectivity index (χ0v) is 19.7.